The van der Waals surface area contributed by atoms with Crippen LogP contribution in [-0.2, 0) is 0 Å². The molecule has 0 bridgehead atoms. The van der Waals surface area contributed by atoms with E-state index < -0.39 is 0 Å². The summed E-state index contributed by atoms with van der Waals surface area (Å²) in [6.07, 6.45) is 7.88. The van der Waals surface area contributed by atoms with E-state index in [1.54, 1.807) is 6.20 Å². The third-order valence-electron chi connectivity index (χ3n) is 11.0. The summed E-state index contributed by atoms with van der Waals surface area (Å²) in [6, 6.07) is 55.1. The van der Waals surface area contributed by atoms with Gasteiger partial charge in [-0.15, -0.1) is 0 Å². The van der Waals surface area contributed by atoms with Gasteiger partial charge in [0.15, 0.2) is 5.82 Å². The van der Waals surface area contributed by atoms with E-state index in [1.807, 2.05) is 30.5 Å². The van der Waals surface area contributed by atoms with Gasteiger partial charge in [-0.25, -0.2) is 0 Å². The molecule has 0 fully saturated rings. The molecule has 6 aromatic carbocycles. The molecule has 12 aromatic rings. The van der Waals surface area contributed by atoms with Crippen molar-refractivity contribution in [1.29, 1.82) is 0 Å². The van der Waals surface area contributed by atoms with Crippen LogP contribution in [-0.4, -0.2) is 38.2 Å². The number of rotatable bonds is 5. The summed E-state index contributed by atoms with van der Waals surface area (Å²) < 4.78 is 8.96. The molecule has 0 aliphatic heterocycles. The van der Waals surface area contributed by atoms with Gasteiger partial charge >= 0.3 is 0 Å². The second-order valence-electron chi connectivity index (χ2n) is 14.0. The highest BCUT2D eigenvalue weighted by Crippen LogP contribution is 2.40. The topological polar surface area (TPSA) is 71.3 Å². The number of fused-ring (bicyclic) bond motifs is 10. The monoisotopic (exact) mass is 718 g/mol. The van der Waals surface area contributed by atoms with Crippen molar-refractivity contribution < 1.29 is 0 Å². The van der Waals surface area contributed by atoms with Crippen LogP contribution in [0.5, 0.6) is 0 Å². The molecule has 0 aliphatic carbocycles. The Kier molecular flexibility index (Phi) is 6.47. The van der Waals surface area contributed by atoms with Crippen molar-refractivity contribution in [2.75, 3.05) is 0 Å². The number of para-hydroxylation sites is 4. The number of aromatic nitrogens is 8. The van der Waals surface area contributed by atoms with Crippen molar-refractivity contribution in [3.05, 3.63) is 183 Å². The molecule has 8 nitrogen and oxygen atoms in total. The summed E-state index contributed by atoms with van der Waals surface area (Å²) in [5.74, 6) is 1.57. The zero-order valence-electron chi connectivity index (χ0n) is 29.9. The van der Waals surface area contributed by atoms with Crippen LogP contribution in [0, 0.1) is 0 Å². The van der Waals surface area contributed by atoms with Crippen molar-refractivity contribution in [1.82, 2.24) is 38.2 Å². The molecule has 0 saturated carbocycles. The highest BCUT2D eigenvalue weighted by molar-refractivity contribution is 6.19. The van der Waals surface area contributed by atoms with Gasteiger partial charge in [0.2, 0.25) is 11.9 Å². The summed E-state index contributed by atoms with van der Waals surface area (Å²) in [5, 5.41) is 6.72. The summed E-state index contributed by atoms with van der Waals surface area (Å²) >= 11 is 0. The SMILES string of the molecule is c1ccc(-n2ccc3ccc4c5ccccc5n(-c5nc(-c6cccnc6)nc(-n6c7ccccc7c7ccc8ccn(-c9ccccc9)c8c76)n5)c4c32)cc1. The third kappa shape index (κ3) is 4.41. The number of hydrogen-bond donors (Lipinski definition) is 0. The van der Waals surface area contributed by atoms with Crippen molar-refractivity contribution in [3.8, 4) is 34.7 Å². The van der Waals surface area contributed by atoms with E-state index in [2.05, 4.69) is 169 Å². The maximum atomic E-state index is 5.50. The van der Waals surface area contributed by atoms with Gasteiger partial charge < -0.3 is 9.13 Å². The van der Waals surface area contributed by atoms with Crippen LogP contribution in [0.2, 0.25) is 0 Å². The molecular formula is C48H30N8. The van der Waals surface area contributed by atoms with Gasteiger partial charge in [-0.2, -0.15) is 15.0 Å². The fourth-order valence-corrected chi connectivity index (χ4v) is 8.55. The molecule has 0 spiro atoms. The van der Waals surface area contributed by atoms with E-state index in [-0.39, 0.29) is 0 Å². The van der Waals surface area contributed by atoms with E-state index >= 15 is 0 Å². The van der Waals surface area contributed by atoms with Gasteiger partial charge in [0.05, 0.1) is 33.1 Å². The summed E-state index contributed by atoms with van der Waals surface area (Å²) in [7, 11) is 0. The van der Waals surface area contributed by atoms with Gasteiger partial charge in [0.1, 0.15) is 0 Å². The average Bonchev–Trinajstić information content (AvgIpc) is 4.05. The first-order chi connectivity index (χ1) is 27.8. The van der Waals surface area contributed by atoms with Crippen molar-refractivity contribution in [2.45, 2.75) is 0 Å². The van der Waals surface area contributed by atoms with Gasteiger partial charge in [0, 0.05) is 74.0 Å². The Morgan fingerprint density at radius 2 is 0.875 bits per heavy atom. The Morgan fingerprint density at radius 1 is 0.375 bits per heavy atom. The molecular weight excluding hydrogens is 689 g/mol. The molecule has 56 heavy (non-hydrogen) atoms. The lowest BCUT2D eigenvalue weighted by atomic mass is 10.1. The first kappa shape index (κ1) is 30.6. The van der Waals surface area contributed by atoms with Crippen molar-refractivity contribution in [2.24, 2.45) is 0 Å². The molecule has 0 unspecified atom stereocenters. The number of benzene rings is 6. The molecule has 0 radical (unpaired) electrons. The molecule has 262 valence electrons. The quantitative estimate of drug-likeness (QED) is 0.178. The van der Waals surface area contributed by atoms with Crippen LogP contribution >= 0.6 is 0 Å². The van der Waals surface area contributed by atoms with Crippen LogP contribution in [0.25, 0.3) is 100 Å². The number of nitrogens with zero attached hydrogens (tertiary/aromatic N) is 8. The normalized spacial score (nSPS) is 11.9. The third-order valence-corrected chi connectivity index (χ3v) is 11.0. The van der Waals surface area contributed by atoms with E-state index in [4.69, 9.17) is 15.0 Å². The molecule has 0 N–H and O–H groups in total. The molecule has 8 heteroatoms. The van der Waals surface area contributed by atoms with Crippen LogP contribution in [0.15, 0.2) is 183 Å². The van der Waals surface area contributed by atoms with E-state index in [1.165, 1.54) is 0 Å². The lowest BCUT2D eigenvalue weighted by Crippen LogP contribution is -2.11. The number of pyridine rings is 1. The lowest BCUT2D eigenvalue weighted by molar-refractivity contribution is 0.892. The second-order valence-corrected chi connectivity index (χ2v) is 14.0. The van der Waals surface area contributed by atoms with E-state index in [9.17, 15) is 0 Å². The Balaban J connectivity index is 1.24. The fraction of sp³-hybridized carbons (Fsp3) is 0. The minimum Gasteiger partial charge on any atom is -0.315 e. The minimum absolute atomic E-state index is 0.518. The molecule has 0 saturated heterocycles. The highest BCUT2D eigenvalue weighted by atomic mass is 15.3. The van der Waals surface area contributed by atoms with Crippen LogP contribution in [0.4, 0.5) is 0 Å². The largest absolute Gasteiger partial charge is 0.315 e. The van der Waals surface area contributed by atoms with Crippen LogP contribution < -0.4 is 0 Å². The number of hydrogen-bond acceptors (Lipinski definition) is 4. The summed E-state index contributed by atoms with van der Waals surface area (Å²) in [6.45, 7) is 0. The second kappa shape index (κ2) is 11.8. The van der Waals surface area contributed by atoms with Gasteiger partial charge in [-0.05, 0) is 60.7 Å². The van der Waals surface area contributed by atoms with E-state index in [0.29, 0.717) is 17.7 Å². The summed E-state index contributed by atoms with van der Waals surface area (Å²) in [4.78, 5) is 20.6. The van der Waals surface area contributed by atoms with Crippen molar-refractivity contribution >= 4 is 65.4 Å². The molecule has 6 heterocycles. The zero-order valence-corrected chi connectivity index (χ0v) is 29.9. The molecule has 12 rings (SSSR count). The predicted molar refractivity (Wildman–Crippen MR) is 225 cm³/mol. The van der Waals surface area contributed by atoms with Crippen LogP contribution in [0.1, 0.15) is 0 Å². The van der Waals surface area contributed by atoms with E-state index in [0.717, 1.165) is 82.4 Å². The Morgan fingerprint density at radius 3 is 1.38 bits per heavy atom. The van der Waals surface area contributed by atoms with Crippen molar-refractivity contribution in [3.63, 3.8) is 0 Å². The lowest BCUT2D eigenvalue weighted by Gasteiger charge is -2.14. The minimum atomic E-state index is 0.518. The molecule has 0 aliphatic rings. The van der Waals surface area contributed by atoms with Gasteiger partial charge in [-0.3, -0.25) is 14.1 Å². The first-order valence-electron chi connectivity index (χ1n) is 18.6. The fourth-order valence-electron chi connectivity index (χ4n) is 8.55. The first-order valence-corrected chi connectivity index (χ1v) is 18.6. The average molecular weight is 719 g/mol. The van der Waals surface area contributed by atoms with Crippen LogP contribution in [0.3, 0.4) is 0 Å². The van der Waals surface area contributed by atoms with Gasteiger partial charge in [0.25, 0.3) is 0 Å². The zero-order chi connectivity index (χ0) is 36.7. The highest BCUT2D eigenvalue weighted by Gasteiger charge is 2.24. The van der Waals surface area contributed by atoms with Gasteiger partial charge in [-0.1, -0.05) is 97.1 Å². The predicted octanol–water partition coefficient (Wildman–Crippen LogP) is 11.0. The Labute approximate surface area is 319 Å². The summed E-state index contributed by atoms with van der Waals surface area (Å²) in [5.41, 5.74) is 9.17. The Hall–Kier alpha value is -7.84. The maximum Gasteiger partial charge on any atom is 0.240 e. The molecule has 6 aromatic heterocycles. The standard InChI is InChI=1S/C48H30N8/c1-3-13-34(14-4-1)53-28-25-31-21-23-38-36-17-7-9-19-40(36)55(44(38)42(31)53)47-50-46(33-12-11-27-49-30-33)51-48(52-47)56-41-20-10-8-18-37(41)39-24-22-32-26-29-54(43(32)45(39)56)35-15-5-2-6-16-35/h1-30H. The molecule has 0 atom stereocenters. The Bertz CT molecular complexity index is 3250. The maximum absolute atomic E-state index is 5.50. The molecule has 0 amide bonds. The smallest absolute Gasteiger partial charge is 0.240 e.